The Morgan fingerprint density at radius 1 is 0.774 bits per heavy atom. The van der Waals surface area contributed by atoms with E-state index in [-0.39, 0.29) is 30.2 Å². The van der Waals surface area contributed by atoms with Gasteiger partial charge in [-0.15, -0.1) is 0 Å². The number of para-hydroxylation sites is 2. The number of nitrogens with zero attached hydrogens (tertiary/aromatic N) is 2. The molecule has 0 aliphatic rings. The Morgan fingerprint density at radius 2 is 1.29 bits per heavy atom. The molecule has 4 aromatic rings. The molecule has 160 valence electrons. The Balaban J connectivity index is 0.00000272. The van der Waals surface area contributed by atoms with Crippen LogP contribution in [0, 0.1) is 0 Å². The van der Waals surface area contributed by atoms with Crippen LogP contribution < -0.4 is 26.4 Å². The van der Waals surface area contributed by atoms with Gasteiger partial charge in [-0.25, -0.2) is 0 Å². The molecule has 2 N–H and O–H groups in total. The largest absolute Gasteiger partial charge is 1.00 e. The quantitative estimate of drug-likeness (QED) is 0.225. The van der Waals surface area contributed by atoms with Crippen molar-refractivity contribution in [2.75, 3.05) is 31.2 Å². The van der Waals surface area contributed by atoms with Crippen molar-refractivity contribution in [3.05, 3.63) is 85.5 Å². The molecule has 0 bridgehead atoms. The molecule has 4 nitrogen and oxygen atoms in total. The average Bonchev–Trinajstić information content (AvgIpc) is 2.79. The lowest BCUT2D eigenvalue weighted by molar-refractivity contribution is -0.634. The van der Waals surface area contributed by atoms with Crippen LogP contribution >= 0.6 is 0 Å². The van der Waals surface area contributed by atoms with Gasteiger partial charge in [0.05, 0.1) is 24.0 Å². The fraction of sp³-hybridized carbons (Fsp3) is 0.192. The minimum absolute atomic E-state index is 0. The highest BCUT2D eigenvalue weighted by Gasteiger charge is 2.20. The van der Waals surface area contributed by atoms with Gasteiger partial charge in [-0.05, 0) is 35.9 Å². The Morgan fingerprint density at radius 3 is 1.77 bits per heavy atom. The zero-order chi connectivity index (χ0) is 20.9. The van der Waals surface area contributed by atoms with Gasteiger partial charge in [-0.2, -0.15) is 4.57 Å². The Kier molecular flexibility index (Phi) is 7.80. The van der Waals surface area contributed by atoms with Crippen molar-refractivity contribution in [1.82, 2.24) is 0 Å². The average molecular weight is 479 g/mol. The van der Waals surface area contributed by atoms with Gasteiger partial charge in [0.15, 0.2) is 6.54 Å². The standard InChI is InChI=1S/C26H27N2O2.BrH/c1-2-15-28-24-9-5-3-7-22(24)26(23-8-4-6-10-25(23)28)20-11-13-21(14-12-20)27(16-18-29)17-19-30;/h2-14,29-30H,1,15-19H2;1H/q+1;/p-1. The van der Waals surface area contributed by atoms with E-state index in [2.05, 4.69) is 83.9 Å². The minimum Gasteiger partial charge on any atom is -1.00 e. The maximum atomic E-state index is 9.33. The predicted octanol–water partition coefficient (Wildman–Crippen LogP) is 0.928. The summed E-state index contributed by atoms with van der Waals surface area (Å²) in [6.45, 7) is 5.80. The lowest BCUT2D eigenvalue weighted by Crippen LogP contribution is -3.00. The molecule has 0 radical (unpaired) electrons. The van der Waals surface area contributed by atoms with Crippen molar-refractivity contribution in [2.45, 2.75) is 6.54 Å². The molecule has 0 atom stereocenters. The van der Waals surface area contributed by atoms with Crippen LogP contribution in [0.1, 0.15) is 0 Å². The van der Waals surface area contributed by atoms with Gasteiger partial charge in [0.1, 0.15) is 0 Å². The molecule has 1 aromatic heterocycles. The van der Waals surface area contributed by atoms with Crippen molar-refractivity contribution in [3.8, 4) is 11.1 Å². The van der Waals surface area contributed by atoms with E-state index in [0.717, 1.165) is 17.8 Å². The zero-order valence-electron chi connectivity index (χ0n) is 17.4. The van der Waals surface area contributed by atoms with E-state index in [1.807, 2.05) is 11.0 Å². The number of fused-ring (bicyclic) bond motifs is 2. The first kappa shape index (κ1) is 22.9. The Bertz CT molecular complexity index is 1110. The summed E-state index contributed by atoms with van der Waals surface area (Å²) in [5, 5.41) is 21.1. The monoisotopic (exact) mass is 478 g/mol. The summed E-state index contributed by atoms with van der Waals surface area (Å²) in [5.74, 6) is 0. The second kappa shape index (κ2) is 10.5. The normalized spacial score (nSPS) is 10.8. The number of halogens is 1. The number of rotatable bonds is 8. The topological polar surface area (TPSA) is 47.6 Å². The van der Waals surface area contributed by atoms with Crippen molar-refractivity contribution in [3.63, 3.8) is 0 Å². The number of anilines is 1. The maximum Gasteiger partial charge on any atom is 0.213 e. The van der Waals surface area contributed by atoms with Gasteiger partial charge in [0, 0.05) is 36.5 Å². The number of allylic oxidation sites excluding steroid dienone is 1. The minimum atomic E-state index is 0. The molecule has 0 saturated carbocycles. The summed E-state index contributed by atoms with van der Waals surface area (Å²) < 4.78 is 2.31. The molecule has 0 fully saturated rings. The van der Waals surface area contributed by atoms with E-state index < -0.39 is 0 Å². The van der Waals surface area contributed by atoms with Crippen LogP contribution in [-0.2, 0) is 6.54 Å². The Hall–Kier alpha value is -2.73. The molecule has 1 heterocycles. The van der Waals surface area contributed by atoms with Crippen LogP contribution in [-0.4, -0.2) is 36.5 Å². The predicted molar refractivity (Wildman–Crippen MR) is 124 cm³/mol. The van der Waals surface area contributed by atoms with Crippen molar-refractivity contribution >= 4 is 27.5 Å². The second-order valence-corrected chi connectivity index (χ2v) is 7.29. The van der Waals surface area contributed by atoms with E-state index in [1.54, 1.807) is 0 Å². The number of hydrogen-bond acceptors (Lipinski definition) is 3. The van der Waals surface area contributed by atoms with Crippen LogP contribution in [0.15, 0.2) is 85.5 Å². The van der Waals surface area contributed by atoms with Crippen LogP contribution in [0.25, 0.3) is 32.9 Å². The van der Waals surface area contributed by atoms with Gasteiger partial charge >= 0.3 is 0 Å². The number of aromatic nitrogens is 1. The van der Waals surface area contributed by atoms with Crippen LogP contribution in [0.3, 0.4) is 0 Å². The summed E-state index contributed by atoms with van der Waals surface area (Å²) in [4.78, 5) is 1.99. The number of benzene rings is 3. The lowest BCUT2D eigenvalue weighted by atomic mass is 9.95. The third-order valence-electron chi connectivity index (χ3n) is 5.50. The van der Waals surface area contributed by atoms with Gasteiger partial charge in [-0.3, -0.25) is 0 Å². The van der Waals surface area contributed by atoms with E-state index in [1.165, 1.54) is 27.4 Å². The van der Waals surface area contributed by atoms with Crippen LogP contribution in [0.4, 0.5) is 5.69 Å². The van der Waals surface area contributed by atoms with E-state index in [9.17, 15) is 10.2 Å². The fourth-order valence-corrected chi connectivity index (χ4v) is 4.20. The molecule has 5 heteroatoms. The molecule has 0 aliphatic heterocycles. The highest BCUT2D eigenvalue weighted by Crippen LogP contribution is 2.34. The molecular weight excluding hydrogens is 452 g/mol. The van der Waals surface area contributed by atoms with Gasteiger partial charge in [-0.1, -0.05) is 43.0 Å². The van der Waals surface area contributed by atoms with Gasteiger partial charge < -0.3 is 32.1 Å². The summed E-state index contributed by atoms with van der Waals surface area (Å²) >= 11 is 0. The molecule has 0 spiro atoms. The highest BCUT2D eigenvalue weighted by molar-refractivity contribution is 6.07. The second-order valence-electron chi connectivity index (χ2n) is 7.29. The number of aliphatic hydroxyl groups excluding tert-OH is 2. The van der Waals surface area contributed by atoms with Crippen molar-refractivity contribution in [2.24, 2.45) is 0 Å². The van der Waals surface area contributed by atoms with Crippen LogP contribution in [0.2, 0.25) is 0 Å². The Labute approximate surface area is 193 Å². The lowest BCUT2D eigenvalue weighted by Gasteiger charge is -2.23. The summed E-state index contributed by atoms with van der Waals surface area (Å²) in [6.07, 6.45) is 1.93. The first-order chi connectivity index (χ1) is 14.8. The summed E-state index contributed by atoms with van der Waals surface area (Å²) in [7, 11) is 0. The van der Waals surface area contributed by atoms with Gasteiger partial charge in [0.2, 0.25) is 11.0 Å². The molecule has 0 unspecified atom stereocenters. The molecule has 3 aromatic carbocycles. The molecule has 0 amide bonds. The fourth-order valence-electron chi connectivity index (χ4n) is 4.20. The molecule has 0 saturated heterocycles. The molecule has 4 rings (SSSR count). The molecule has 0 aliphatic carbocycles. The van der Waals surface area contributed by atoms with Gasteiger partial charge in [0.25, 0.3) is 0 Å². The number of hydrogen-bond donors (Lipinski definition) is 2. The number of aliphatic hydroxyl groups is 2. The SMILES string of the molecule is C=CC[n+]1c2ccccc2c(-c2ccc(N(CCO)CCO)cc2)c2ccccc21.[Br-]. The first-order valence-electron chi connectivity index (χ1n) is 10.3. The third kappa shape index (κ3) is 4.49. The third-order valence-corrected chi connectivity index (χ3v) is 5.50. The van der Waals surface area contributed by atoms with E-state index in [4.69, 9.17) is 0 Å². The first-order valence-corrected chi connectivity index (χ1v) is 10.3. The summed E-state index contributed by atoms with van der Waals surface area (Å²) in [6, 6.07) is 25.4. The highest BCUT2D eigenvalue weighted by atomic mass is 79.9. The van der Waals surface area contributed by atoms with Crippen LogP contribution in [0.5, 0.6) is 0 Å². The van der Waals surface area contributed by atoms with Crippen molar-refractivity contribution in [1.29, 1.82) is 0 Å². The molecular formula is C26H27BrN2O2. The zero-order valence-corrected chi connectivity index (χ0v) is 19.0. The van der Waals surface area contributed by atoms with Crippen molar-refractivity contribution < 1.29 is 31.8 Å². The smallest absolute Gasteiger partial charge is 0.213 e. The maximum absolute atomic E-state index is 9.33. The van der Waals surface area contributed by atoms with E-state index >= 15 is 0 Å². The van der Waals surface area contributed by atoms with E-state index in [0.29, 0.717) is 13.1 Å². The number of pyridine rings is 1. The molecule has 31 heavy (non-hydrogen) atoms. The summed E-state index contributed by atoms with van der Waals surface area (Å²) in [5.41, 5.74) is 5.71.